The molecule has 0 spiro atoms. The van der Waals surface area contributed by atoms with Gasteiger partial charge in [-0.3, -0.25) is 9.59 Å². The monoisotopic (exact) mass is 318 g/mol. The maximum atomic E-state index is 12.5. The molecule has 5 heteroatoms. The molecule has 0 aromatic heterocycles. The van der Waals surface area contributed by atoms with Crippen molar-refractivity contribution < 1.29 is 14.3 Å². The van der Waals surface area contributed by atoms with Gasteiger partial charge in [0.1, 0.15) is 0 Å². The zero-order chi connectivity index (χ0) is 17.0. The molecule has 0 aliphatic carbocycles. The fourth-order valence-electron chi connectivity index (χ4n) is 2.95. The molecule has 0 N–H and O–H groups in total. The highest BCUT2D eigenvalue weighted by Crippen LogP contribution is 2.16. The Balaban J connectivity index is 1.92. The van der Waals surface area contributed by atoms with Crippen LogP contribution in [0.2, 0.25) is 0 Å². The van der Waals surface area contributed by atoms with Crippen molar-refractivity contribution in [3.8, 4) is 0 Å². The van der Waals surface area contributed by atoms with Gasteiger partial charge in [0, 0.05) is 26.1 Å². The van der Waals surface area contributed by atoms with E-state index < -0.39 is 0 Å². The van der Waals surface area contributed by atoms with Gasteiger partial charge in [-0.1, -0.05) is 12.1 Å². The number of nitrogens with zero attached hydrogens (tertiary/aromatic N) is 2. The highest BCUT2D eigenvalue weighted by atomic mass is 16.5. The van der Waals surface area contributed by atoms with Crippen LogP contribution in [0.3, 0.4) is 0 Å². The summed E-state index contributed by atoms with van der Waals surface area (Å²) in [6.07, 6.45) is 1.17. The van der Waals surface area contributed by atoms with Gasteiger partial charge in [0.2, 0.25) is 5.91 Å². The summed E-state index contributed by atoms with van der Waals surface area (Å²) in [5.41, 5.74) is 1.74. The van der Waals surface area contributed by atoms with E-state index in [2.05, 4.69) is 0 Å². The SMILES string of the molecule is CC1COCC(C)N1C(=O)CCc1ccc(C(=O)N(C)C)cc1. The van der Waals surface area contributed by atoms with Crippen LogP contribution in [0.4, 0.5) is 0 Å². The Labute approximate surface area is 138 Å². The summed E-state index contributed by atoms with van der Waals surface area (Å²) < 4.78 is 5.46. The standard InChI is InChI=1S/C18H26N2O3/c1-13-11-23-12-14(2)20(13)17(21)10-7-15-5-8-16(9-6-15)18(22)19(3)4/h5-6,8-9,13-14H,7,10-12H2,1-4H3. The molecule has 126 valence electrons. The van der Waals surface area contributed by atoms with Gasteiger partial charge in [-0.15, -0.1) is 0 Å². The van der Waals surface area contributed by atoms with Crippen LogP contribution in [-0.2, 0) is 16.0 Å². The predicted octanol–water partition coefficient (Wildman–Crippen LogP) is 1.96. The molecule has 1 fully saturated rings. The first-order valence-corrected chi connectivity index (χ1v) is 8.09. The number of morpholine rings is 1. The van der Waals surface area contributed by atoms with Gasteiger partial charge in [-0.2, -0.15) is 0 Å². The third-order valence-electron chi connectivity index (χ3n) is 4.19. The minimum absolute atomic E-state index is 0.0106. The average molecular weight is 318 g/mol. The van der Waals surface area contributed by atoms with Crippen LogP contribution < -0.4 is 0 Å². The minimum atomic E-state index is -0.0106. The quantitative estimate of drug-likeness (QED) is 0.853. The zero-order valence-corrected chi connectivity index (χ0v) is 14.4. The van der Waals surface area contributed by atoms with E-state index in [-0.39, 0.29) is 23.9 Å². The molecule has 1 saturated heterocycles. The number of rotatable bonds is 4. The Hall–Kier alpha value is -1.88. The summed E-state index contributed by atoms with van der Waals surface area (Å²) in [4.78, 5) is 27.8. The lowest BCUT2D eigenvalue weighted by molar-refractivity contribution is -0.144. The first kappa shape index (κ1) is 17.5. The molecule has 5 nitrogen and oxygen atoms in total. The number of carbonyl (C=O) groups excluding carboxylic acids is 2. The fraction of sp³-hybridized carbons (Fsp3) is 0.556. The second-order valence-corrected chi connectivity index (χ2v) is 6.43. The molecule has 23 heavy (non-hydrogen) atoms. The van der Waals surface area contributed by atoms with Crippen molar-refractivity contribution in [2.45, 2.75) is 38.8 Å². The van der Waals surface area contributed by atoms with Gasteiger partial charge < -0.3 is 14.5 Å². The van der Waals surface area contributed by atoms with Crippen molar-refractivity contribution in [3.05, 3.63) is 35.4 Å². The first-order valence-electron chi connectivity index (χ1n) is 8.09. The summed E-state index contributed by atoms with van der Waals surface area (Å²) >= 11 is 0. The van der Waals surface area contributed by atoms with Gasteiger partial charge >= 0.3 is 0 Å². The maximum Gasteiger partial charge on any atom is 0.253 e. The molecular formula is C18H26N2O3. The number of benzene rings is 1. The Kier molecular flexibility index (Phi) is 5.77. The van der Waals surface area contributed by atoms with Gasteiger partial charge in [-0.05, 0) is 38.0 Å². The van der Waals surface area contributed by atoms with Gasteiger partial charge in [0.15, 0.2) is 0 Å². The fourth-order valence-corrected chi connectivity index (χ4v) is 2.95. The second kappa shape index (κ2) is 7.59. The van der Waals surface area contributed by atoms with Crippen LogP contribution in [0.5, 0.6) is 0 Å². The van der Waals surface area contributed by atoms with Crippen molar-refractivity contribution in [2.75, 3.05) is 27.3 Å². The van der Waals surface area contributed by atoms with Crippen LogP contribution in [0.1, 0.15) is 36.2 Å². The lowest BCUT2D eigenvalue weighted by Crippen LogP contribution is -2.52. The van der Waals surface area contributed by atoms with Crippen LogP contribution in [0.25, 0.3) is 0 Å². The smallest absolute Gasteiger partial charge is 0.253 e. The first-order chi connectivity index (χ1) is 10.9. The number of amides is 2. The zero-order valence-electron chi connectivity index (χ0n) is 14.4. The lowest BCUT2D eigenvalue weighted by Gasteiger charge is -2.39. The predicted molar refractivity (Wildman–Crippen MR) is 89.4 cm³/mol. The Morgan fingerprint density at radius 3 is 2.22 bits per heavy atom. The summed E-state index contributed by atoms with van der Waals surface area (Å²) in [6.45, 7) is 5.26. The van der Waals surface area contributed by atoms with Crippen LogP contribution in [0, 0.1) is 0 Å². The molecule has 2 atom stereocenters. The molecule has 0 bridgehead atoms. The molecule has 2 rings (SSSR count). The van der Waals surface area contributed by atoms with E-state index in [0.29, 0.717) is 31.6 Å². The van der Waals surface area contributed by atoms with Gasteiger partial charge in [-0.25, -0.2) is 0 Å². The third-order valence-corrected chi connectivity index (χ3v) is 4.19. The lowest BCUT2D eigenvalue weighted by atomic mass is 10.0. The molecule has 2 unspecified atom stereocenters. The summed E-state index contributed by atoms with van der Waals surface area (Å²) in [5.74, 6) is 0.158. The normalized spacial score (nSPS) is 21.1. The van der Waals surface area contributed by atoms with Gasteiger partial charge in [0.05, 0.1) is 25.3 Å². The maximum absolute atomic E-state index is 12.5. The van der Waals surface area contributed by atoms with E-state index in [9.17, 15) is 9.59 Å². The molecule has 1 heterocycles. The van der Waals surface area contributed by atoms with Crippen LogP contribution in [0.15, 0.2) is 24.3 Å². The molecular weight excluding hydrogens is 292 g/mol. The Morgan fingerprint density at radius 2 is 1.70 bits per heavy atom. The molecule has 2 amide bonds. The summed E-state index contributed by atoms with van der Waals surface area (Å²) in [5, 5.41) is 0. The van der Waals surface area contributed by atoms with E-state index in [1.165, 1.54) is 0 Å². The molecule has 1 aliphatic rings. The van der Waals surface area contributed by atoms with Crippen molar-refractivity contribution >= 4 is 11.8 Å². The van der Waals surface area contributed by atoms with Crippen LogP contribution >= 0.6 is 0 Å². The molecule has 1 aromatic carbocycles. The van der Waals surface area contributed by atoms with E-state index in [1.54, 1.807) is 19.0 Å². The van der Waals surface area contributed by atoms with Crippen molar-refractivity contribution in [1.29, 1.82) is 0 Å². The van der Waals surface area contributed by atoms with E-state index in [1.807, 2.05) is 43.0 Å². The summed E-state index contributed by atoms with van der Waals surface area (Å²) in [6, 6.07) is 7.76. The molecule has 1 aromatic rings. The van der Waals surface area contributed by atoms with Crippen molar-refractivity contribution in [2.24, 2.45) is 0 Å². The topological polar surface area (TPSA) is 49.9 Å². The minimum Gasteiger partial charge on any atom is -0.377 e. The highest BCUT2D eigenvalue weighted by molar-refractivity contribution is 5.93. The van der Waals surface area contributed by atoms with E-state index >= 15 is 0 Å². The number of aryl methyl sites for hydroxylation is 1. The number of carbonyl (C=O) groups is 2. The van der Waals surface area contributed by atoms with Crippen molar-refractivity contribution in [1.82, 2.24) is 9.80 Å². The van der Waals surface area contributed by atoms with Crippen molar-refractivity contribution in [3.63, 3.8) is 0 Å². The molecule has 1 aliphatic heterocycles. The number of ether oxygens (including phenoxy) is 1. The van der Waals surface area contributed by atoms with E-state index in [4.69, 9.17) is 4.74 Å². The van der Waals surface area contributed by atoms with E-state index in [0.717, 1.165) is 5.56 Å². The number of hydrogen-bond acceptors (Lipinski definition) is 3. The number of hydrogen-bond donors (Lipinski definition) is 0. The van der Waals surface area contributed by atoms with Crippen LogP contribution in [-0.4, -0.2) is 61.0 Å². The Morgan fingerprint density at radius 1 is 1.13 bits per heavy atom. The molecule has 0 saturated carbocycles. The second-order valence-electron chi connectivity index (χ2n) is 6.43. The van der Waals surface area contributed by atoms with Gasteiger partial charge in [0.25, 0.3) is 5.91 Å². The highest BCUT2D eigenvalue weighted by Gasteiger charge is 2.29. The largest absolute Gasteiger partial charge is 0.377 e. The average Bonchev–Trinajstić information content (AvgIpc) is 2.52. The Bertz CT molecular complexity index is 544. The summed E-state index contributed by atoms with van der Waals surface area (Å²) in [7, 11) is 3.47. The molecule has 0 radical (unpaired) electrons. The third kappa shape index (κ3) is 4.32.